The molecule has 1 aliphatic carbocycles. The summed E-state index contributed by atoms with van der Waals surface area (Å²) in [5.41, 5.74) is -1.63. The van der Waals surface area contributed by atoms with Crippen molar-refractivity contribution in [1.29, 1.82) is 0 Å². The molecule has 2 atom stereocenters. The van der Waals surface area contributed by atoms with Crippen LogP contribution in [0.4, 0.5) is 5.69 Å². The molecule has 1 aromatic heterocycles. The van der Waals surface area contributed by atoms with Crippen molar-refractivity contribution in [2.75, 3.05) is 70.8 Å². The first-order valence-electron chi connectivity index (χ1n) is 22.8. The van der Waals surface area contributed by atoms with Crippen molar-refractivity contribution in [3.63, 3.8) is 0 Å². The largest absolute Gasteiger partial charge is 0.480 e. The number of carbonyl (C=O) groups is 6. The molecule has 2 aromatic rings. The minimum atomic E-state index is -1.14. The number of nitrogens with one attached hydrogen (secondary N) is 2. The normalized spacial score (nSPS) is 16.1. The Labute approximate surface area is 390 Å². The second-order valence-corrected chi connectivity index (χ2v) is 21.1. The summed E-state index contributed by atoms with van der Waals surface area (Å²) in [6.45, 7) is 21.9. The van der Waals surface area contributed by atoms with Gasteiger partial charge < -0.3 is 34.4 Å². The molecule has 0 saturated heterocycles. The van der Waals surface area contributed by atoms with Gasteiger partial charge in [-0.15, -0.1) is 0 Å². The van der Waals surface area contributed by atoms with Gasteiger partial charge in [-0.2, -0.15) is 0 Å². The van der Waals surface area contributed by atoms with E-state index < -0.39 is 58.8 Å². The van der Waals surface area contributed by atoms with Crippen LogP contribution in [0.15, 0.2) is 29.1 Å². The third-order valence-electron chi connectivity index (χ3n) is 10.1. The number of carbonyl (C=O) groups excluding carboxylic acids is 5. The lowest BCUT2D eigenvalue weighted by atomic mass is 9.87. The van der Waals surface area contributed by atoms with Gasteiger partial charge in [0.25, 0.3) is 0 Å². The van der Waals surface area contributed by atoms with Gasteiger partial charge in [0.15, 0.2) is 0 Å². The number of esters is 4. The molecule has 0 radical (unpaired) electrons. The van der Waals surface area contributed by atoms with Crippen LogP contribution in [0.2, 0.25) is 0 Å². The highest BCUT2D eigenvalue weighted by Crippen LogP contribution is 2.29. The van der Waals surface area contributed by atoms with E-state index in [1.165, 1.54) is 11.0 Å². The Morgan fingerprint density at radius 2 is 1.02 bits per heavy atom. The summed E-state index contributed by atoms with van der Waals surface area (Å²) in [6.07, 6.45) is 2.79. The van der Waals surface area contributed by atoms with Gasteiger partial charge >= 0.3 is 29.8 Å². The quantitative estimate of drug-likeness (QED) is 0.114. The van der Waals surface area contributed by atoms with Crippen LogP contribution in [0, 0.1) is 6.92 Å². The molecule has 0 aliphatic heterocycles. The van der Waals surface area contributed by atoms with Gasteiger partial charge in [0.1, 0.15) is 22.4 Å². The van der Waals surface area contributed by atoms with E-state index in [4.69, 9.17) is 18.9 Å². The number of ether oxygens (including phenoxy) is 4. The number of benzene rings is 1. The highest BCUT2D eigenvalue weighted by Gasteiger charge is 2.37. The van der Waals surface area contributed by atoms with Crippen molar-refractivity contribution < 1.29 is 52.8 Å². The molecule has 3 N–H and O–H groups in total. The zero-order valence-corrected chi connectivity index (χ0v) is 41.6. The van der Waals surface area contributed by atoms with Crippen molar-refractivity contribution in [3.8, 4) is 0 Å². The third kappa shape index (κ3) is 21.2. The molecule has 1 fully saturated rings. The summed E-state index contributed by atoms with van der Waals surface area (Å²) in [7, 11) is 0. The number of nitrogens with zero attached hydrogens (tertiary/aromatic N) is 4. The zero-order chi connectivity index (χ0) is 49.8. The summed E-state index contributed by atoms with van der Waals surface area (Å²) < 4.78 is 22.6. The smallest absolute Gasteiger partial charge is 0.320 e. The Bertz CT molecular complexity index is 2030. The summed E-state index contributed by atoms with van der Waals surface area (Å²) in [5, 5.41) is 13.6. The van der Waals surface area contributed by atoms with E-state index in [9.17, 15) is 38.7 Å². The van der Waals surface area contributed by atoms with Crippen LogP contribution in [0.5, 0.6) is 0 Å². The zero-order valence-electron chi connectivity index (χ0n) is 41.6. The fraction of sp³-hybridized carbons (Fsp3) is 0.688. The van der Waals surface area contributed by atoms with E-state index in [2.05, 4.69) is 10.3 Å². The molecule has 3 rings (SSSR count). The van der Waals surface area contributed by atoms with Crippen LogP contribution in [-0.4, -0.2) is 165 Å². The second-order valence-electron chi connectivity index (χ2n) is 21.1. The Morgan fingerprint density at radius 1 is 0.606 bits per heavy atom. The number of rotatable bonds is 21. The number of aromatic amines is 1. The number of pyridine rings is 1. The maximum Gasteiger partial charge on any atom is 0.320 e. The first kappa shape index (κ1) is 55.4. The fourth-order valence-corrected chi connectivity index (χ4v) is 7.93. The van der Waals surface area contributed by atoms with E-state index in [0.717, 1.165) is 23.8 Å². The molecule has 0 bridgehead atoms. The Kier molecular flexibility index (Phi) is 19.9. The van der Waals surface area contributed by atoms with Crippen LogP contribution in [0.1, 0.15) is 114 Å². The lowest BCUT2D eigenvalue weighted by Gasteiger charge is -2.45. The fourth-order valence-electron chi connectivity index (χ4n) is 7.93. The number of amides is 1. The molecule has 1 heterocycles. The van der Waals surface area contributed by atoms with Gasteiger partial charge in [0.05, 0.1) is 44.8 Å². The molecule has 18 heteroatoms. The standard InChI is InChI=1S/C48H76N6O12/c1-32-24-38(55)50-35-25-33(18-19-34(32)35)49-39(56)26-53(22-21-52(29-42(60)64-46(5,6)7)30-43(61)65-47(8,9)10)36-16-14-15-17-37(36)54(31-44(62)66-48(11,12)13)23-20-51(27-40(57)58)28-41(59)63-45(2,3)4/h18-19,24-25,36-37H,14-17,20-23,26-31H2,1-13H3,(H,49,56)(H,50,55)(H,57,58)/t36-,37-/m0/s1. The van der Waals surface area contributed by atoms with Gasteiger partial charge in [0, 0.05) is 55.4 Å². The number of carboxylic acids is 1. The Hall–Kier alpha value is -4.91. The van der Waals surface area contributed by atoms with E-state index >= 15 is 0 Å². The SMILES string of the molecule is Cc1cc(=O)[nH]c2cc(NC(=O)CN(CCN(CC(=O)OC(C)(C)C)CC(=O)OC(C)(C)C)[C@H]3CCCC[C@@H]3N(CCN(CC(=O)O)CC(=O)OC(C)(C)C)CC(=O)OC(C)(C)C)ccc12. The van der Waals surface area contributed by atoms with Crippen molar-refractivity contribution in [1.82, 2.24) is 24.6 Å². The Morgan fingerprint density at radius 3 is 1.44 bits per heavy atom. The lowest BCUT2D eigenvalue weighted by Crippen LogP contribution is -2.58. The first-order valence-corrected chi connectivity index (χ1v) is 22.8. The number of aryl methyl sites for hydroxylation is 1. The van der Waals surface area contributed by atoms with Crippen LogP contribution in [-0.2, 0) is 47.7 Å². The predicted octanol–water partition coefficient (Wildman–Crippen LogP) is 4.75. The van der Waals surface area contributed by atoms with E-state index in [-0.39, 0.29) is 82.5 Å². The number of anilines is 1. The molecule has 370 valence electrons. The molecular weight excluding hydrogens is 853 g/mol. The highest BCUT2D eigenvalue weighted by molar-refractivity contribution is 5.95. The van der Waals surface area contributed by atoms with Gasteiger partial charge in [-0.25, -0.2) is 0 Å². The molecule has 1 amide bonds. The average molecular weight is 929 g/mol. The molecule has 0 unspecified atom stereocenters. The number of hydrogen-bond donors (Lipinski definition) is 3. The van der Waals surface area contributed by atoms with E-state index in [1.54, 1.807) is 100 Å². The molecule has 1 aromatic carbocycles. The summed E-state index contributed by atoms with van der Waals surface area (Å²) >= 11 is 0. The maximum atomic E-state index is 14.2. The number of aliphatic carboxylic acids is 1. The molecule has 0 spiro atoms. The number of H-pyrrole nitrogens is 1. The number of fused-ring (bicyclic) bond motifs is 1. The molecular formula is C48H76N6O12. The minimum absolute atomic E-state index is 0.0845. The highest BCUT2D eigenvalue weighted by atomic mass is 16.6. The summed E-state index contributed by atoms with van der Waals surface area (Å²) in [6, 6.07) is 6.04. The third-order valence-corrected chi connectivity index (χ3v) is 10.1. The van der Waals surface area contributed by atoms with Gasteiger partial charge in [-0.1, -0.05) is 18.9 Å². The maximum absolute atomic E-state index is 14.2. The summed E-state index contributed by atoms with van der Waals surface area (Å²) in [4.78, 5) is 101. The van der Waals surface area contributed by atoms with Gasteiger partial charge in [-0.05, 0) is 121 Å². The average Bonchev–Trinajstić information content (AvgIpc) is 3.11. The van der Waals surface area contributed by atoms with Crippen LogP contribution < -0.4 is 10.9 Å². The predicted molar refractivity (Wildman–Crippen MR) is 251 cm³/mol. The summed E-state index contributed by atoms with van der Waals surface area (Å²) in [5.74, 6) is -3.69. The molecule has 1 saturated carbocycles. The molecule has 1 aliphatic rings. The topological polar surface area (TPSA) is 217 Å². The first-order chi connectivity index (χ1) is 30.3. The van der Waals surface area contributed by atoms with Crippen LogP contribution in [0.25, 0.3) is 10.9 Å². The van der Waals surface area contributed by atoms with E-state index in [0.29, 0.717) is 24.0 Å². The molecule has 18 nitrogen and oxygen atoms in total. The van der Waals surface area contributed by atoms with Crippen molar-refractivity contribution in [3.05, 3.63) is 40.2 Å². The number of aromatic nitrogens is 1. The number of carboxylic acid groups (broad SMARTS) is 1. The second kappa shape index (κ2) is 23.7. The monoisotopic (exact) mass is 929 g/mol. The Balaban J connectivity index is 2.07. The minimum Gasteiger partial charge on any atom is -0.480 e. The van der Waals surface area contributed by atoms with Gasteiger partial charge in [-0.3, -0.25) is 53.2 Å². The van der Waals surface area contributed by atoms with E-state index in [1.807, 2.05) is 22.8 Å². The van der Waals surface area contributed by atoms with Gasteiger partial charge in [0.2, 0.25) is 11.5 Å². The van der Waals surface area contributed by atoms with Crippen molar-refractivity contribution in [2.45, 2.75) is 150 Å². The lowest BCUT2D eigenvalue weighted by molar-refractivity contribution is -0.161. The van der Waals surface area contributed by atoms with Crippen LogP contribution >= 0.6 is 0 Å². The number of hydrogen-bond acceptors (Lipinski definition) is 15. The van der Waals surface area contributed by atoms with Crippen molar-refractivity contribution in [2.24, 2.45) is 0 Å². The van der Waals surface area contributed by atoms with Crippen molar-refractivity contribution >= 4 is 52.3 Å². The van der Waals surface area contributed by atoms with Crippen LogP contribution in [0.3, 0.4) is 0 Å². The molecule has 66 heavy (non-hydrogen) atoms.